The normalized spacial score (nSPS) is 10.4. The van der Waals surface area contributed by atoms with E-state index in [0.29, 0.717) is 37.6 Å². The zero-order chi connectivity index (χ0) is 28.4. The van der Waals surface area contributed by atoms with Gasteiger partial charge < -0.3 is 34.7 Å². The van der Waals surface area contributed by atoms with Crippen molar-refractivity contribution < 1.29 is 38.5 Å². The molecule has 0 rings (SSSR count). The number of ether oxygens (including phenoxy) is 2. The summed E-state index contributed by atoms with van der Waals surface area (Å²) < 4.78 is 10.1. The van der Waals surface area contributed by atoms with Crippen molar-refractivity contribution in [2.75, 3.05) is 24.7 Å². The number of carbonyl (C=O) groups is 2. The van der Waals surface area contributed by atoms with Gasteiger partial charge in [-0.3, -0.25) is 9.59 Å². The van der Waals surface area contributed by atoms with Gasteiger partial charge in [0.1, 0.15) is 0 Å². The minimum absolute atomic E-state index is 0. The molecule has 0 saturated carbocycles. The van der Waals surface area contributed by atoms with E-state index in [1.165, 1.54) is 128 Å². The van der Waals surface area contributed by atoms with Crippen molar-refractivity contribution in [1.29, 1.82) is 0 Å². The Balaban J connectivity index is -0.000000648. The Labute approximate surface area is 267 Å². The molecule has 0 fully saturated rings. The van der Waals surface area contributed by atoms with Crippen LogP contribution in [0.3, 0.4) is 0 Å². The SMILES string of the molecule is CCCCCCCCCCCCCOC(=O)CC[S-].CCCCCCCCCCCCCOC(=O)CC[S-].[Zn+2]. The van der Waals surface area contributed by atoms with E-state index in [9.17, 15) is 9.59 Å². The third-order valence-electron chi connectivity index (χ3n) is 6.63. The van der Waals surface area contributed by atoms with Gasteiger partial charge in [-0.15, -0.1) is 0 Å². The molecule has 4 nitrogen and oxygen atoms in total. The van der Waals surface area contributed by atoms with Gasteiger partial charge in [0.2, 0.25) is 0 Å². The van der Waals surface area contributed by atoms with Crippen LogP contribution in [0.1, 0.15) is 168 Å². The van der Waals surface area contributed by atoms with Crippen molar-refractivity contribution in [3.05, 3.63) is 0 Å². The molecule has 0 aliphatic heterocycles. The number of hydrogen-bond acceptors (Lipinski definition) is 6. The molecular formula is C32H62O4S2Zn. The molecule has 0 aliphatic carbocycles. The first kappa shape index (κ1) is 43.7. The van der Waals surface area contributed by atoms with E-state index in [4.69, 9.17) is 34.7 Å². The molecule has 0 N–H and O–H groups in total. The first-order valence-corrected chi connectivity index (χ1v) is 17.2. The van der Waals surface area contributed by atoms with Crippen molar-refractivity contribution >= 4 is 37.2 Å². The van der Waals surface area contributed by atoms with Crippen LogP contribution in [0.2, 0.25) is 0 Å². The minimum Gasteiger partial charge on any atom is -0.792 e. The molecule has 0 aromatic rings. The minimum atomic E-state index is -0.137. The zero-order valence-corrected chi connectivity index (χ0v) is 30.6. The summed E-state index contributed by atoms with van der Waals surface area (Å²) in [6, 6.07) is 0. The Hall–Kier alpha value is 0.263. The van der Waals surface area contributed by atoms with Gasteiger partial charge in [-0.05, 0) is 12.8 Å². The average molecular weight is 640 g/mol. The van der Waals surface area contributed by atoms with E-state index in [-0.39, 0.29) is 31.4 Å². The van der Waals surface area contributed by atoms with Crippen molar-refractivity contribution in [3.63, 3.8) is 0 Å². The first-order chi connectivity index (χ1) is 18.6. The van der Waals surface area contributed by atoms with E-state index in [1.807, 2.05) is 0 Å². The molecule has 0 atom stereocenters. The summed E-state index contributed by atoms with van der Waals surface area (Å²) in [4.78, 5) is 22.1. The molecule has 0 saturated heterocycles. The molecule has 228 valence electrons. The van der Waals surface area contributed by atoms with Crippen LogP contribution in [0, 0.1) is 0 Å². The fraction of sp³-hybridized carbons (Fsp3) is 0.938. The molecule has 39 heavy (non-hydrogen) atoms. The maximum absolute atomic E-state index is 11.0. The van der Waals surface area contributed by atoms with Crippen molar-refractivity contribution in [2.24, 2.45) is 0 Å². The fourth-order valence-corrected chi connectivity index (χ4v) is 4.55. The van der Waals surface area contributed by atoms with Gasteiger partial charge in [-0.2, -0.15) is 11.5 Å². The van der Waals surface area contributed by atoms with E-state index < -0.39 is 0 Å². The summed E-state index contributed by atoms with van der Waals surface area (Å²) in [5.41, 5.74) is 0. The van der Waals surface area contributed by atoms with Crippen molar-refractivity contribution in [1.82, 2.24) is 0 Å². The number of esters is 2. The third kappa shape index (κ3) is 42.9. The van der Waals surface area contributed by atoms with Gasteiger partial charge in [-0.1, -0.05) is 142 Å². The molecule has 0 aromatic heterocycles. The maximum Gasteiger partial charge on any atom is 2.00 e. The van der Waals surface area contributed by atoms with Gasteiger partial charge >= 0.3 is 31.4 Å². The fourth-order valence-electron chi connectivity index (χ4n) is 4.22. The van der Waals surface area contributed by atoms with Crippen LogP contribution >= 0.6 is 0 Å². The van der Waals surface area contributed by atoms with E-state index >= 15 is 0 Å². The molecule has 0 spiro atoms. The average Bonchev–Trinajstić information content (AvgIpc) is 2.90. The number of rotatable bonds is 28. The number of hydrogen-bond donors (Lipinski definition) is 0. The second-order valence-electron chi connectivity index (χ2n) is 10.4. The summed E-state index contributed by atoms with van der Waals surface area (Å²) in [6.07, 6.45) is 29.7. The second kappa shape index (κ2) is 40.4. The summed E-state index contributed by atoms with van der Waals surface area (Å²) in [5.74, 6) is 0.665. The molecule has 0 unspecified atom stereocenters. The van der Waals surface area contributed by atoms with Crippen LogP contribution in [-0.4, -0.2) is 36.7 Å². The zero-order valence-electron chi connectivity index (χ0n) is 26.0. The van der Waals surface area contributed by atoms with Crippen LogP contribution in [0.15, 0.2) is 0 Å². The van der Waals surface area contributed by atoms with E-state index in [2.05, 4.69) is 13.8 Å². The van der Waals surface area contributed by atoms with Gasteiger partial charge in [0.25, 0.3) is 0 Å². The standard InChI is InChI=1S/2C16H32O2S.Zn/c2*1-2-3-4-5-6-7-8-9-10-11-12-14-18-16(17)13-15-19;/h2*19H,2-15H2,1H3;/q;;+2/p-2. The Morgan fingerprint density at radius 3 is 0.897 bits per heavy atom. The van der Waals surface area contributed by atoms with Gasteiger partial charge in [0.15, 0.2) is 0 Å². The van der Waals surface area contributed by atoms with Gasteiger partial charge in [-0.25, -0.2) is 0 Å². The topological polar surface area (TPSA) is 52.6 Å². The quantitative estimate of drug-likeness (QED) is 0.0368. The summed E-state index contributed by atoms with van der Waals surface area (Å²) >= 11 is 9.44. The smallest absolute Gasteiger partial charge is 0.792 e. The predicted octanol–water partition coefficient (Wildman–Crippen LogP) is 9.55. The van der Waals surface area contributed by atoms with E-state index in [0.717, 1.165) is 12.8 Å². The molecule has 0 bridgehead atoms. The Kier molecular flexibility index (Phi) is 45.3. The van der Waals surface area contributed by atoms with Crippen molar-refractivity contribution in [3.8, 4) is 0 Å². The van der Waals surface area contributed by atoms with E-state index in [1.54, 1.807) is 0 Å². The Morgan fingerprint density at radius 1 is 0.436 bits per heavy atom. The molecule has 0 amide bonds. The van der Waals surface area contributed by atoms with Crippen LogP contribution in [0.25, 0.3) is 0 Å². The summed E-state index contributed by atoms with van der Waals surface area (Å²) in [7, 11) is 0. The van der Waals surface area contributed by atoms with Crippen LogP contribution in [0.4, 0.5) is 0 Å². The molecule has 7 heteroatoms. The molecule has 0 radical (unpaired) electrons. The monoisotopic (exact) mass is 638 g/mol. The summed E-state index contributed by atoms with van der Waals surface area (Å²) in [5, 5.41) is 0. The Bertz CT molecular complexity index is 439. The first-order valence-electron chi connectivity index (χ1n) is 16.1. The van der Waals surface area contributed by atoms with Crippen LogP contribution in [0.5, 0.6) is 0 Å². The van der Waals surface area contributed by atoms with Crippen LogP contribution in [-0.2, 0) is 63.8 Å². The third-order valence-corrected chi connectivity index (χ3v) is 7.04. The Morgan fingerprint density at radius 2 is 0.667 bits per heavy atom. The van der Waals surface area contributed by atoms with Crippen molar-refractivity contribution in [2.45, 2.75) is 168 Å². The second-order valence-corrected chi connectivity index (χ2v) is 11.2. The molecule has 0 heterocycles. The van der Waals surface area contributed by atoms with Gasteiger partial charge in [0, 0.05) is 12.8 Å². The molecule has 0 aromatic carbocycles. The van der Waals surface area contributed by atoms with Crippen LogP contribution < -0.4 is 0 Å². The molecular weight excluding hydrogens is 578 g/mol. The number of unbranched alkanes of at least 4 members (excludes halogenated alkanes) is 20. The predicted molar refractivity (Wildman–Crippen MR) is 169 cm³/mol. The largest absolute Gasteiger partial charge is 2.00 e. The summed E-state index contributed by atoms with van der Waals surface area (Å²) in [6.45, 7) is 5.67. The number of carbonyl (C=O) groups excluding carboxylic acids is 2. The maximum atomic E-state index is 11.0. The van der Waals surface area contributed by atoms with Gasteiger partial charge in [0.05, 0.1) is 13.2 Å². The molecule has 0 aliphatic rings.